The Morgan fingerprint density at radius 2 is 2.08 bits per heavy atom. The smallest absolute Gasteiger partial charge is 1.00 e. The van der Waals surface area contributed by atoms with E-state index >= 15 is 0 Å². The maximum absolute atomic E-state index is 10.2. The van der Waals surface area contributed by atoms with Crippen molar-refractivity contribution < 1.29 is 45.4 Å². The van der Waals surface area contributed by atoms with Crippen LogP contribution in [0.4, 0.5) is 0 Å². The van der Waals surface area contributed by atoms with Gasteiger partial charge in [0, 0.05) is 19.3 Å². The Morgan fingerprint density at radius 3 is 2.33 bits per heavy atom. The van der Waals surface area contributed by atoms with Crippen LogP contribution in [0.25, 0.3) is 0 Å². The zero-order valence-electron chi connectivity index (χ0n) is 8.88. The monoisotopic (exact) mass is 200 g/mol. The minimum absolute atomic E-state index is 0. The summed E-state index contributed by atoms with van der Waals surface area (Å²) in [4.78, 5) is 10.2. The van der Waals surface area contributed by atoms with Crippen LogP contribution >= 0.6 is 12.2 Å². The van der Waals surface area contributed by atoms with Gasteiger partial charge in [0.2, 0.25) is 0 Å². The van der Waals surface area contributed by atoms with E-state index < -0.39 is 5.97 Å². The van der Waals surface area contributed by atoms with Crippen LogP contribution < -0.4 is 40.0 Å². The molecule has 0 heterocycles. The van der Waals surface area contributed by atoms with E-state index in [9.17, 15) is 9.90 Å². The van der Waals surface area contributed by atoms with Gasteiger partial charge in [0.15, 0.2) is 0 Å². The summed E-state index contributed by atoms with van der Waals surface area (Å²) in [5, 5.41) is 13.4. The van der Waals surface area contributed by atoms with Crippen LogP contribution in [-0.4, -0.2) is 43.3 Å². The van der Waals surface area contributed by atoms with Gasteiger partial charge < -0.3 is 16.6 Å². The summed E-state index contributed by atoms with van der Waals surface area (Å²) in [5.41, 5.74) is 0. The number of carboxylic acids is 1. The molecule has 0 saturated carbocycles. The first-order valence-electron chi connectivity index (χ1n) is 3.15. The molecular weight excluding hydrogens is 187 g/mol. The van der Waals surface area contributed by atoms with Crippen molar-refractivity contribution in [2.24, 2.45) is 0 Å². The van der Waals surface area contributed by atoms with E-state index in [1.54, 1.807) is 21.1 Å². The van der Waals surface area contributed by atoms with Gasteiger partial charge in [-0.2, -0.15) is 0 Å². The first-order valence-corrected chi connectivity index (χ1v) is 3.56. The molecule has 0 radical (unpaired) electrons. The van der Waals surface area contributed by atoms with Crippen LogP contribution in [0.2, 0.25) is 0 Å². The fraction of sp³-hybridized carbons (Fsp3) is 0.667. The number of rotatable bonds is 2. The standard InChI is InChI=1S/C6H12N2O2S.Na.H/c1-7-6(11)8(2,3)4-5(9)10;;/h4H2,1-3H3,(H-,7,9,10,11);;/q;+1;-1. The number of hydrogen-bond acceptors (Lipinski definition) is 3. The largest absolute Gasteiger partial charge is 1.00 e. The molecule has 12 heavy (non-hydrogen) atoms. The van der Waals surface area contributed by atoms with Crippen molar-refractivity contribution in [2.75, 3.05) is 27.7 Å². The molecule has 0 aliphatic carbocycles. The number of carboxylic acid groups (broad SMARTS) is 1. The van der Waals surface area contributed by atoms with E-state index in [0.717, 1.165) is 0 Å². The third-order valence-electron chi connectivity index (χ3n) is 1.29. The number of carbonyl (C=O) groups excluding carboxylic acids is 1. The molecule has 0 spiro atoms. The quantitative estimate of drug-likeness (QED) is 0.277. The van der Waals surface area contributed by atoms with Gasteiger partial charge in [0.25, 0.3) is 5.11 Å². The molecule has 0 aliphatic heterocycles. The van der Waals surface area contributed by atoms with Crippen LogP contribution in [0.5, 0.6) is 0 Å². The molecule has 0 aromatic rings. The van der Waals surface area contributed by atoms with Crippen molar-refractivity contribution in [3.63, 3.8) is 0 Å². The number of nitrogens with zero attached hydrogens (tertiary/aromatic N) is 1. The number of carbonyl (C=O) groups is 1. The van der Waals surface area contributed by atoms with E-state index in [2.05, 4.69) is 5.32 Å². The van der Waals surface area contributed by atoms with E-state index in [1.807, 2.05) is 0 Å². The Hall–Kier alpha value is 0.320. The SMILES string of the molecule is CNC(=S)[N+](C)(C)CC(=O)[O-].[H-].[Na+]. The first-order chi connectivity index (χ1) is 4.90. The van der Waals surface area contributed by atoms with Crippen LogP contribution in [0, 0.1) is 0 Å². The molecule has 0 amide bonds. The summed E-state index contributed by atoms with van der Waals surface area (Å²) in [7, 11) is 5.07. The van der Waals surface area contributed by atoms with E-state index in [4.69, 9.17) is 12.2 Å². The summed E-state index contributed by atoms with van der Waals surface area (Å²) in [5.74, 6) is -1.10. The fourth-order valence-electron chi connectivity index (χ4n) is 0.697. The fourth-order valence-corrected chi connectivity index (χ4v) is 0.762. The predicted octanol–water partition coefficient (Wildman–Crippen LogP) is -4.57. The predicted molar refractivity (Wildman–Crippen MR) is 44.8 cm³/mol. The summed E-state index contributed by atoms with van der Waals surface area (Å²) in [6.07, 6.45) is 0. The Kier molecular flexibility index (Phi) is 7.26. The van der Waals surface area contributed by atoms with Gasteiger partial charge in [-0.15, -0.1) is 0 Å². The Balaban J connectivity index is -0.000000500. The molecule has 0 aromatic carbocycles. The number of hydrogen-bond donors (Lipinski definition) is 1. The van der Waals surface area contributed by atoms with Crippen LogP contribution in [0.1, 0.15) is 1.43 Å². The Bertz CT molecular complexity index is 189. The average Bonchev–Trinajstić information content (AvgIpc) is 1.83. The normalized spacial score (nSPS) is 9.92. The minimum Gasteiger partial charge on any atom is -1.00 e. The Morgan fingerprint density at radius 1 is 1.67 bits per heavy atom. The molecule has 0 saturated heterocycles. The second kappa shape index (κ2) is 5.88. The second-order valence-electron chi connectivity index (χ2n) is 2.77. The number of thiocarbonyl (C=S) groups is 1. The number of quaternary nitrogens is 1. The zero-order valence-corrected chi connectivity index (χ0v) is 10.7. The van der Waals surface area contributed by atoms with Crippen molar-refractivity contribution in [1.29, 1.82) is 0 Å². The molecule has 1 N–H and O–H groups in total. The maximum atomic E-state index is 10.2. The van der Waals surface area contributed by atoms with E-state index in [-0.39, 0.29) is 42.0 Å². The van der Waals surface area contributed by atoms with E-state index in [0.29, 0.717) is 5.11 Å². The molecule has 0 bridgehead atoms. The summed E-state index contributed by atoms with van der Waals surface area (Å²) >= 11 is 4.88. The molecule has 4 nitrogen and oxygen atoms in total. The van der Waals surface area contributed by atoms with Gasteiger partial charge in [-0.1, -0.05) is 0 Å². The van der Waals surface area contributed by atoms with Crippen molar-refractivity contribution in [2.45, 2.75) is 0 Å². The molecule has 0 unspecified atom stereocenters. The summed E-state index contributed by atoms with van der Waals surface area (Å²) in [6.45, 7) is -0.111. The molecule has 6 heteroatoms. The van der Waals surface area contributed by atoms with Gasteiger partial charge in [-0.05, 0) is 0 Å². The third kappa shape index (κ3) is 5.05. The topological polar surface area (TPSA) is 52.2 Å². The van der Waals surface area contributed by atoms with Crippen molar-refractivity contribution in [3.8, 4) is 0 Å². The summed E-state index contributed by atoms with van der Waals surface area (Å²) < 4.78 is 0.119. The second-order valence-corrected chi connectivity index (χ2v) is 3.16. The van der Waals surface area contributed by atoms with Crippen molar-refractivity contribution in [1.82, 2.24) is 5.32 Å². The van der Waals surface area contributed by atoms with Crippen molar-refractivity contribution >= 4 is 23.3 Å². The number of aliphatic carboxylic acids is 1. The molecule has 0 atom stereocenters. The van der Waals surface area contributed by atoms with Crippen LogP contribution in [-0.2, 0) is 4.79 Å². The Labute approximate surface area is 101 Å². The van der Waals surface area contributed by atoms with Crippen LogP contribution in [0.15, 0.2) is 0 Å². The molecular formula is C6H13N2NaO2S. The zero-order chi connectivity index (χ0) is 9.07. The molecule has 0 fully saturated rings. The minimum atomic E-state index is -1.10. The molecule has 0 rings (SSSR count). The summed E-state index contributed by atoms with van der Waals surface area (Å²) in [6, 6.07) is 0. The number of nitrogens with one attached hydrogen (secondary N) is 1. The van der Waals surface area contributed by atoms with Gasteiger partial charge in [0.1, 0.15) is 6.54 Å². The van der Waals surface area contributed by atoms with Gasteiger partial charge in [-0.3, -0.25) is 4.48 Å². The van der Waals surface area contributed by atoms with Gasteiger partial charge in [0.05, 0.1) is 20.1 Å². The van der Waals surface area contributed by atoms with Gasteiger partial charge >= 0.3 is 29.6 Å². The maximum Gasteiger partial charge on any atom is 1.00 e. The van der Waals surface area contributed by atoms with Crippen LogP contribution in [0.3, 0.4) is 0 Å². The number of likely N-dealkylation sites (N-methyl/N-ethyl adjacent to an activating group) is 1. The molecule has 66 valence electrons. The van der Waals surface area contributed by atoms with Crippen molar-refractivity contribution in [3.05, 3.63) is 0 Å². The first kappa shape index (κ1) is 14.8. The van der Waals surface area contributed by atoms with E-state index in [1.165, 1.54) is 0 Å². The molecule has 0 aliphatic rings. The third-order valence-corrected chi connectivity index (χ3v) is 1.99. The molecule has 0 aromatic heterocycles. The average molecular weight is 200 g/mol. The van der Waals surface area contributed by atoms with Gasteiger partial charge in [-0.25, -0.2) is 0 Å².